The van der Waals surface area contributed by atoms with E-state index in [1.165, 1.54) is 31.4 Å². The molecule has 9 heteroatoms. The monoisotopic (exact) mass is 505 g/mol. The molecule has 0 spiro atoms. The van der Waals surface area contributed by atoms with E-state index in [9.17, 15) is 4.39 Å². The van der Waals surface area contributed by atoms with Crippen molar-refractivity contribution >= 4 is 22.1 Å². The van der Waals surface area contributed by atoms with Gasteiger partial charge in [0.05, 0.1) is 40.7 Å². The third kappa shape index (κ3) is 4.15. The summed E-state index contributed by atoms with van der Waals surface area (Å²) in [7, 11) is 0. The molecule has 1 aliphatic rings. The molecule has 0 radical (unpaired) electrons. The summed E-state index contributed by atoms with van der Waals surface area (Å²) < 4.78 is 19.7. The van der Waals surface area contributed by atoms with Crippen molar-refractivity contribution in [2.24, 2.45) is 0 Å². The second kappa shape index (κ2) is 9.33. The highest BCUT2D eigenvalue weighted by Gasteiger charge is 2.18. The Morgan fingerprint density at radius 2 is 1.63 bits per heavy atom. The lowest BCUT2D eigenvalue weighted by atomic mass is 9.98. The number of ether oxygens (including phenoxy) is 1. The van der Waals surface area contributed by atoms with Crippen molar-refractivity contribution in [2.75, 3.05) is 0 Å². The molecule has 1 aliphatic carbocycles. The van der Waals surface area contributed by atoms with Crippen LogP contribution in [-0.4, -0.2) is 41.2 Å². The summed E-state index contributed by atoms with van der Waals surface area (Å²) in [5.74, 6) is 1.05. The first-order valence-electron chi connectivity index (χ1n) is 12.8. The Hall–Kier alpha value is -4.66. The Kier molecular flexibility index (Phi) is 5.53. The van der Waals surface area contributed by atoms with Crippen LogP contribution in [0.15, 0.2) is 67.3 Å². The van der Waals surface area contributed by atoms with E-state index in [2.05, 4.69) is 25.1 Å². The van der Waals surface area contributed by atoms with Gasteiger partial charge in [-0.25, -0.2) is 14.4 Å². The van der Waals surface area contributed by atoms with Gasteiger partial charge in [0.2, 0.25) is 0 Å². The summed E-state index contributed by atoms with van der Waals surface area (Å²) in [4.78, 5) is 21.8. The lowest BCUT2D eigenvalue weighted by Gasteiger charge is -2.22. The molecule has 1 fully saturated rings. The largest absolute Gasteiger partial charge is 0.489 e. The number of hydrogen-bond donors (Lipinski definition) is 2. The molecule has 0 aliphatic heterocycles. The molecule has 38 heavy (non-hydrogen) atoms. The number of nitrogens with zero attached hydrogens (tertiary/aromatic N) is 5. The standard InChI is InChI=1S/C29H24FN7O/c30-19-8-6-17(7-9-19)22-15-32-16-25-26(22)35-29(34-25)28-27-24(36-37-28)11-10-23(33-27)18-12-21(14-31-13-18)38-20-4-2-1-3-5-20/h6-16,20H,1-5H2,(H,34,35)(H,36,37). The lowest BCUT2D eigenvalue weighted by Crippen LogP contribution is -2.19. The van der Waals surface area contributed by atoms with Gasteiger partial charge in [-0.2, -0.15) is 5.10 Å². The zero-order valence-corrected chi connectivity index (χ0v) is 20.5. The molecule has 0 atom stereocenters. The van der Waals surface area contributed by atoms with Gasteiger partial charge in [0.15, 0.2) is 11.5 Å². The van der Waals surface area contributed by atoms with E-state index in [1.54, 1.807) is 36.9 Å². The first kappa shape index (κ1) is 22.5. The van der Waals surface area contributed by atoms with Crippen LogP contribution in [0.25, 0.3) is 56.0 Å². The van der Waals surface area contributed by atoms with E-state index in [0.717, 1.165) is 57.5 Å². The smallest absolute Gasteiger partial charge is 0.161 e. The van der Waals surface area contributed by atoms with Crippen molar-refractivity contribution in [3.05, 3.63) is 73.1 Å². The van der Waals surface area contributed by atoms with Crippen molar-refractivity contribution in [3.8, 4) is 39.7 Å². The van der Waals surface area contributed by atoms with Gasteiger partial charge in [0.25, 0.3) is 0 Å². The van der Waals surface area contributed by atoms with Crippen molar-refractivity contribution in [3.63, 3.8) is 0 Å². The summed E-state index contributed by atoms with van der Waals surface area (Å²) in [6.45, 7) is 0. The van der Waals surface area contributed by atoms with Crippen LogP contribution in [0, 0.1) is 5.82 Å². The van der Waals surface area contributed by atoms with Gasteiger partial charge in [0, 0.05) is 23.5 Å². The second-order valence-electron chi connectivity index (χ2n) is 9.63. The molecule has 2 N–H and O–H groups in total. The van der Waals surface area contributed by atoms with Crippen LogP contribution >= 0.6 is 0 Å². The van der Waals surface area contributed by atoms with E-state index in [0.29, 0.717) is 17.0 Å². The molecule has 0 amide bonds. The molecule has 5 aromatic heterocycles. The minimum absolute atomic E-state index is 0.249. The maximum atomic E-state index is 13.5. The number of rotatable bonds is 5. The highest BCUT2D eigenvalue weighted by Crippen LogP contribution is 2.32. The Bertz CT molecular complexity index is 1750. The van der Waals surface area contributed by atoms with Crippen LogP contribution in [-0.2, 0) is 0 Å². The van der Waals surface area contributed by atoms with Crippen molar-refractivity contribution in [1.82, 2.24) is 35.1 Å². The first-order chi connectivity index (χ1) is 18.7. The predicted octanol–water partition coefficient (Wildman–Crippen LogP) is 6.48. The van der Waals surface area contributed by atoms with Crippen LogP contribution in [0.5, 0.6) is 5.75 Å². The van der Waals surface area contributed by atoms with Crippen molar-refractivity contribution in [1.29, 1.82) is 0 Å². The topological polar surface area (TPSA) is 105 Å². The van der Waals surface area contributed by atoms with Gasteiger partial charge >= 0.3 is 0 Å². The number of halogens is 1. The number of pyridine rings is 3. The Morgan fingerprint density at radius 3 is 2.50 bits per heavy atom. The first-order valence-corrected chi connectivity index (χ1v) is 12.8. The van der Waals surface area contributed by atoms with Gasteiger partial charge in [0.1, 0.15) is 17.1 Å². The third-order valence-corrected chi connectivity index (χ3v) is 7.05. The molecule has 0 bridgehead atoms. The molecule has 7 rings (SSSR count). The van der Waals surface area contributed by atoms with Crippen molar-refractivity contribution < 1.29 is 9.13 Å². The summed E-state index contributed by atoms with van der Waals surface area (Å²) in [5, 5.41) is 7.57. The molecular weight excluding hydrogens is 481 g/mol. The highest BCUT2D eigenvalue weighted by atomic mass is 19.1. The molecule has 1 aromatic carbocycles. The van der Waals surface area contributed by atoms with E-state index in [-0.39, 0.29) is 11.9 Å². The molecule has 5 heterocycles. The maximum absolute atomic E-state index is 13.5. The SMILES string of the molecule is Fc1ccc(-c2cncc3[nH]c(-c4n[nH]c5ccc(-c6cncc(OC7CCCCC7)c6)nc45)nc23)cc1. The van der Waals surface area contributed by atoms with E-state index < -0.39 is 0 Å². The number of H-pyrrole nitrogens is 2. The second-order valence-corrected chi connectivity index (χ2v) is 9.63. The predicted molar refractivity (Wildman–Crippen MR) is 143 cm³/mol. The van der Waals surface area contributed by atoms with Crippen LogP contribution in [0.1, 0.15) is 32.1 Å². The van der Waals surface area contributed by atoms with Gasteiger partial charge in [-0.05, 0) is 61.6 Å². The average molecular weight is 506 g/mol. The van der Waals surface area contributed by atoms with Gasteiger partial charge in [-0.1, -0.05) is 18.6 Å². The van der Waals surface area contributed by atoms with Crippen LogP contribution in [0.3, 0.4) is 0 Å². The molecule has 0 saturated heterocycles. The fraction of sp³-hybridized carbons (Fsp3) is 0.207. The number of fused-ring (bicyclic) bond motifs is 2. The Morgan fingerprint density at radius 1 is 0.789 bits per heavy atom. The maximum Gasteiger partial charge on any atom is 0.161 e. The number of aromatic nitrogens is 7. The number of nitrogens with one attached hydrogen (secondary N) is 2. The fourth-order valence-corrected chi connectivity index (χ4v) is 5.11. The minimum atomic E-state index is -0.289. The normalized spacial score (nSPS) is 14.3. The van der Waals surface area contributed by atoms with E-state index >= 15 is 0 Å². The molecule has 1 saturated carbocycles. The van der Waals surface area contributed by atoms with E-state index in [1.807, 2.05) is 18.2 Å². The van der Waals surface area contributed by atoms with Crippen molar-refractivity contribution in [2.45, 2.75) is 38.2 Å². The number of hydrogen-bond acceptors (Lipinski definition) is 6. The summed E-state index contributed by atoms with van der Waals surface area (Å²) in [5.41, 5.74) is 6.85. The van der Waals surface area contributed by atoms with Gasteiger partial charge in [-0.15, -0.1) is 0 Å². The fourth-order valence-electron chi connectivity index (χ4n) is 5.11. The zero-order valence-electron chi connectivity index (χ0n) is 20.5. The molecule has 188 valence electrons. The summed E-state index contributed by atoms with van der Waals surface area (Å²) >= 11 is 0. The Balaban J connectivity index is 1.25. The molecule has 0 unspecified atom stereocenters. The number of aromatic amines is 2. The van der Waals surface area contributed by atoms with Gasteiger partial charge < -0.3 is 9.72 Å². The van der Waals surface area contributed by atoms with Crippen LogP contribution < -0.4 is 4.74 Å². The lowest BCUT2D eigenvalue weighted by molar-refractivity contribution is 0.154. The highest BCUT2D eigenvalue weighted by molar-refractivity contribution is 5.95. The van der Waals surface area contributed by atoms with Crippen LogP contribution in [0.4, 0.5) is 4.39 Å². The summed E-state index contributed by atoms with van der Waals surface area (Å²) in [6, 6.07) is 12.2. The molecule has 8 nitrogen and oxygen atoms in total. The molecule has 6 aromatic rings. The van der Waals surface area contributed by atoms with E-state index in [4.69, 9.17) is 14.7 Å². The number of imidazole rings is 1. The average Bonchev–Trinajstić information content (AvgIpc) is 3.58. The Labute approximate surface area is 217 Å². The minimum Gasteiger partial charge on any atom is -0.489 e. The number of benzene rings is 1. The van der Waals surface area contributed by atoms with Gasteiger partial charge in [-0.3, -0.25) is 15.1 Å². The quantitative estimate of drug-likeness (QED) is 0.278. The molecular formula is C29H24FN7O. The third-order valence-electron chi connectivity index (χ3n) is 7.05. The zero-order chi connectivity index (χ0) is 25.5. The van der Waals surface area contributed by atoms with Crippen LogP contribution in [0.2, 0.25) is 0 Å². The summed E-state index contributed by atoms with van der Waals surface area (Å²) in [6.07, 6.45) is 13.1.